The summed E-state index contributed by atoms with van der Waals surface area (Å²) in [6, 6.07) is 26.8. The molecule has 2 fully saturated rings. The second kappa shape index (κ2) is 10.5. The molecule has 0 unspecified atom stereocenters. The molecule has 0 bridgehead atoms. The lowest BCUT2D eigenvalue weighted by atomic mass is 9.75. The van der Waals surface area contributed by atoms with Crippen molar-refractivity contribution in [2.75, 3.05) is 0 Å². The minimum Gasteiger partial charge on any atom is -0.299 e. The van der Waals surface area contributed by atoms with E-state index in [1.54, 1.807) is 11.1 Å². The van der Waals surface area contributed by atoms with E-state index in [2.05, 4.69) is 90.5 Å². The Morgan fingerprint density at radius 3 is 1.86 bits per heavy atom. The van der Waals surface area contributed by atoms with Gasteiger partial charge in [0, 0.05) is 18.0 Å². The molecule has 2 nitrogen and oxygen atoms in total. The predicted octanol–water partition coefficient (Wildman–Crippen LogP) is 9.55. The highest BCUT2D eigenvalue weighted by atomic mass is 15.1. The smallest absolute Gasteiger partial charge is 0.144 e. The third-order valence-electron chi connectivity index (χ3n) is 8.69. The molecule has 0 amide bonds. The van der Waals surface area contributed by atoms with E-state index in [4.69, 9.17) is 4.98 Å². The van der Waals surface area contributed by atoms with Gasteiger partial charge in [0.25, 0.3) is 0 Å². The van der Waals surface area contributed by atoms with Gasteiger partial charge in [0.1, 0.15) is 5.82 Å². The van der Waals surface area contributed by atoms with Crippen LogP contribution in [0.3, 0.4) is 0 Å². The maximum Gasteiger partial charge on any atom is 0.144 e. The standard InChI is InChI=1S/C34H38N2/c1-25-17-19-28(20-18-25)32-24-30(26-11-5-2-6-12-26)23-31(27-13-7-3-8-14-27)33(32)36-22-21-35-34(36)29-15-9-4-10-16-29/h2,4-6,9-12,15-16,21-25,27-28H,3,7-8,13-14,17-20H2,1H3. The number of aromatic nitrogens is 2. The highest BCUT2D eigenvalue weighted by Gasteiger charge is 2.29. The Labute approximate surface area is 216 Å². The van der Waals surface area contributed by atoms with Crippen LogP contribution in [0, 0.1) is 5.92 Å². The monoisotopic (exact) mass is 474 g/mol. The molecular weight excluding hydrogens is 436 g/mol. The number of hydrogen-bond acceptors (Lipinski definition) is 1. The molecule has 2 saturated carbocycles. The summed E-state index contributed by atoms with van der Waals surface area (Å²) in [6.45, 7) is 2.42. The van der Waals surface area contributed by atoms with Crippen LogP contribution in [0.25, 0.3) is 28.2 Å². The van der Waals surface area contributed by atoms with Crippen molar-refractivity contribution < 1.29 is 0 Å². The van der Waals surface area contributed by atoms with E-state index in [1.165, 1.54) is 80.2 Å². The molecular formula is C34H38N2. The zero-order chi connectivity index (χ0) is 24.3. The summed E-state index contributed by atoms with van der Waals surface area (Å²) in [5.74, 6) is 3.12. The fourth-order valence-electron chi connectivity index (χ4n) is 6.65. The van der Waals surface area contributed by atoms with Crippen molar-refractivity contribution in [3.8, 4) is 28.2 Å². The van der Waals surface area contributed by atoms with Gasteiger partial charge in [-0.15, -0.1) is 0 Å². The van der Waals surface area contributed by atoms with Crippen molar-refractivity contribution >= 4 is 0 Å². The molecule has 3 aromatic carbocycles. The number of imidazole rings is 1. The van der Waals surface area contributed by atoms with Gasteiger partial charge < -0.3 is 0 Å². The SMILES string of the molecule is CC1CCC(c2cc(-c3ccccc3)cc(C3CCCCC3)c2-n2ccnc2-c2ccccc2)CC1. The number of hydrogen-bond donors (Lipinski definition) is 0. The maximum atomic E-state index is 4.89. The molecule has 0 atom stereocenters. The molecule has 2 heteroatoms. The van der Waals surface area contributed by atoms with Gasteiger partial charge >= 0.3 is 0 Å². The Hall–Kier alpha value is -3.13. The van der Waals surface area contributed by atoms with Crippen LogP contribution < -0.4 is 0 Å². The van der Waals surface area contributed by atoms with Crippen molar-refractivity contribution in [3.63, 3.8) is 0 Å². The lowest BCUT2D eigenvalue weighted by Gasteiger charge is -2.32. The molecule has 0 radical (unpaired) electrons. The summed E-state index contributed by atoms with van der Waals surface area (Å²) >= 11 is 0. The molecule has 6 rings (SSSR count). The molecule has 184 valence electrons. The van der Waals surface area contributed by atoms with Crippen molar-refractivity contribution in [1.82, 2.24) is 9.55 Å². The second-order valence-corrected chi connectivity index (χ2v) is 11.1. The summed E-state index contributed by atoms with van der Waals surface area (Å²) in [4.78, 5) is 4.89. The van der Waals surface area contributed by atoms with Crippen LogP contribution in [0.2, 0.25) is 0 Å². The first-order chi connectivity index (χ1) is 17.8. The van der Waals surface area contributed by atoms with Crippen molar-refractivity contribution in [1.29, 1.82) is 0 Å². The van der Waals surface area contributed by atoms with E-state index >= 15 is 0 Å². The molecule has 1 aromatic heterocycles. The first-order valence-corrected chi connectivity index (χ1v) is 14.1. The van der Waals surface area contributed by atoms with E-state index in [0.29, 0.717) is 11.8 Å². The summed E-state index contributed by atoms with van der Waals surface area (Å²) in [5, 5.41) is 0. The zero-order valence-electron chi connectivity index (χ0n) is 21.6. The molecule has 36 heavy (non-hydrogen) atoms. The lowest BCUT2D eigenvalue weighted by Crippen LogP contribution is -2.17. The minimum atomic E-state index is 0.605. The molecule has 4 aromatic rings. The van der Waals surface area contributed by atoms with Gasteiger partial charge in [-0.3, -0.25) is 4.57 Å². The fraction of sp³-hybridized carbons (Fsp3) is 0.382. The first kappa shape index (κ1) is 23.3. The number of nitrogens with zero attached hydrogens (tertiary/aromatic N) is 2. The predicted molar refractivity (Wildman–Crippen MR) is 151 cm³/mol. The summed E-state index contributed by atoms with van der Waals surface area (Å²) in [7, 11) is 0. The van der Waals surface area contributed by atoms with Gasteiger partial charge in [0.15, 0.2) is 0 Å². The topological polar surface area (TPSA) is 17.8 Å². The van der Waals surface area contributed by atoms with E-state index in [-0.39, 0.29) is 0 Å². The summed E-state index contributed by atoms with van der Waals surface area (Å²) < 4.78 is 2.43. The highest BCUT2D eigenvalue weighted by molar-refractivity contribution is 5.71. The summed E-state index contributed by atoms with van der Waals surface area (Å²) in [6.07, 6.45) is 16.1. The largest absolute Gasteiger partial charge is 0.299 e. The average Bonchev–Trinajstić information content (AvgIpc) is 3.44. The third kappa shape index (κ3) is 4.66. The molecule has 0 aliphatic heterocycles. The molecule has 1 heterocycles. The van der Waals surface area contributed by atoms with Gasteiger partial charge in [-0.1, -0.05) is 99.7 Å². The lowest BCUT2D eigenvalue weighted by molar-refractivity contribution is 0.347. The van der Waals surface area contributed by atoms with Crippen LogP contribution >= 0.6 is 0 Å². The van der Waals surface area contributed by atoms with Gasteiger partial charge in [0.05, 0.1) is 5.69 Å². The second-order valence-electron chi connectivity index (χ2n) is 11.1. The summed E-state index contributed by atoms with van der Waals surface area (Å²) in [5.41, 5.74) is 8.42. The number of benzene rings is 3. The van der Waals surface area contributed by atoms with Crippen LogP contribution in [0.4, 0.5) is 0 Å². The van der Waals surface area contributed by atoms with Crippen molar-refractivity contribution in [3.05, 3.63) is 96.3 Å². The molecule has 0 saturated heterocycles. The fourth-order valence-corrected chi connectivity index (χ4v) is 6.65. The average molecular weight is 475 g/mol. The minimum absolute atomic E-state index is 0.605. The van der Waals surface area contributed by atoms with Crippen LogP contribution in [0.5, 0.6) is 0 Å². The van der Waals surface area contributed by atoms with Crippen LogP contribution in [-0.2, 0) is 0 Å². The van der Waals surface area contributed by atoms with Crippen molar-refractivity contribution in [2.45, 2.75) is 76.5 Å². The van der Waals surface area contributed by atoms with E-state index in [1.807, 2.05) is 6.20 Å². The highest BCUT2D eigenvalue weighted by Crippen LogP contribution is 2.45. The number of rotatable bonds is 5. The zero-order valence-corrected chi connectivity index (χ0v) is 21.6. The van der Waals surface area contributed by atoms with Gasteiger partial charge in [-0.25, -0.2) is 4.98 Å². The Kier molecular flexibility index (Phi) is 6.77. The van der Waals surface area contributed by atoms with Crippen LogP contribution in [0.1, 0.15) is 87.7 Å². The third-order valence-corrected chi connectivity index (χ3v) is 8.69. The first-order valence-electron chi connectivity index (χ1n) is 14.1. The molecule has 2 aliphatic rings. The quantitative estimate of drug-likeness (QED) is 0.281. The normalized spacial score (nSPS) is 20.9. The maximum absolute atomic E-state index is 4.89. The Morgan fingerprint density at radius 2 is 1.22 bits per heavy atom. The van der Waals surface area contributed by atoms with Crippen molar-refractivity contribution in [2.24, 2.45) is 5.92 Å². The van der Waals surface area contributed by atoms with Gasteiger partial charge in [-0.2, -0.15) is 0 Å². The van der Waals surface area contributed by atoms with E-state index in [0.717, 1.165) is 11.7 Å². The van der Waals surface area contributed by atoms with Crippen LogP contribution in [-0.4, -0.2) is 9.55 Å². The Bertz CT molecular complexity index is 1270. The Balaban J connectivity index is 1.59. The molecule has 0 spiro atoms. The Morgan fingerprint density at radius 1 is 0.639 bits per heavy atom. The van der Waals surface area contributed by atoms with E-state index < -0.39 is 0 Å². The molecule has 0 N–H and O–H groups in total. The molecule has 2 aliphatic carbocycles. The van der Waals surface area contributed by atoms with Gasteiger partial charge in [-0.05, 0) is 77.8 Å². The van der Waals surface area contributed by atoms with Gasteiger partial charge in [0.2, 0.25) is 0 Å². The van der Waals surface area contributed by atoms with E-state index in [9.17, 15) is 0 Å². The van der Waals surface area contributed by atoms with Crippen LogP contribution in [0.15, 0.2) is 85.2 Å².